The predicted molar refractivity (Wildman–Crippen MR) is 98.6 cm³/mol. The molecule has 130 valence electrons. The minimum atomic E-state index is -0.323. The second-order valence-electron chi connectivity index (χ2n) is 8.26. The first-order chi connectivity index (χ1) is 11.4. The van der Waals surface area contributed by atoms with E-state index in [1.165, 1.54) is 6.42 Å². The van der Waals surface area contributed by atoms with Gasteiger partial charge in [0, 0.05) is 11.1 Å². The lowest BCUT2D eigenvalue weighted by Crippen LogP contribution is -2.65. The van der Waals surface area contributed by atoms with Gasteiger partial charge < -0.3 is 14.0 Å². The Morgan fingerprint density at radius 1 is 1.25 bits per heavy atom. The second kappa shape index (κ2) is 5.83. The van der Waals surface area contributed by atoms with Crippen LogP contribution in [-0.2, 0) is 14.0 Å². The van der Waals surface area contributed by atoms with Crippen LogP contribution in [0.3, 0.4) is 0 Å². The average Bonchev–Trinajstić information content (AvgIpc) is 2.90. The van der Waals surface area contributed by atoms with Gasteiger partial charge >= 0.3 is 7.12 Å². The van der Waals surface area contributed by atoms with Gasteiger partial charge in [-0.05, 0) is 61.6 Å². The second-order valence-corrected chi connectivity index (χ2v) is 9.18. The van der Waals surface area contributed by atoms with Gasteiger partial charge in [-0.2, -0.15) is 0 Å². The van der Waals surface area contributed by atoms with Crippen LogP contribution in [-0.4, -0.2) is 25.4 Å². The van der Waals surface area contributed by atoms with Crippen molar-refractivity contribution >= 4 is 23.0 Å². The number of halogens is 1. The molecule has 3 aliphatic carbocycles. The standard InChI is InChI=1S/C19H26BBrO3/c1-5-22-17(12-6-8-14(21)9-7-12)20-23-16-11-13-10-15(18(13,2)3)19(16,4)24-20/h6-9,13,15-17H,5,10-11H2,1-4H3/t13-,15-,16+,17+,19-/m0/s1. The monoisotopic (exact) mass is 392 g/mol. The SMILES string of the molecule is CCO[C@@H](B1O[C@@H]2C[C@@H]3C[C@@H](C3(C)C)[C@]2(C)O1)c1ccc(Br)cc1. The molecule has 1 aliphatic heterocycles. The van der Waals surface area contributed by atoms with Crippen LogP contribution in [0.15, 0.2) is 28.7 Å². The van der Waals surface area contributed by atoms with Crippen molar-refractivity contribution < 1.29 is 14.0 Å². The Bertz CT molecular complexity index is 620. The molecule has 0 spiro atoms. The highest BCUT2D eigenvalue weighted by Gasteiger charge is 2.68. The summed E-state index contributed by atoms with van der Waals surface area (Å²) < 4.78 is 20.1. The molecule has 1 aromatic carbocycles. The summed E-state index contributed by atoms with van der Waals surface area (Å²) in [6, 6.07) is 8.10. The third-order valence-corrected chi connectivity index (χ3v) is 7.29. The van der Waals surface area contributed by atoms with E-state index in [4.69, 9.17) is 14.0 Å². The lowest BCUT2D eigenvalue weighted by atomic mass is 9.43. The maximum absolute atomic E-state index is 6.58. The van der Waals surface area contributed by atoms with Gasteiger partial charge in [-0.1, -0.05) is 41.9 Å². The molecule has 1 saturated heterocycles. The smallest absolute Gasteiger partial charge is 0.403 e. The Morgan fingerprint density at radius 2 is 1.96 bits per heavy atom. The normalized spacial score (nSPS) is 37.7. The van der Waals surface area contributed by atoms with E-state index in [1.807, 2.05) is 19.1 Å². The number of benzene rings is 1. The summed E-state index contributed by atoms with van der Waals surface area (Å²) in [5, 5.41) is 0. The highest BCUT2D eigenvalue weighted by molar-refractivity contribution is 9.10. The third-order valence-electron chi connectivity index (χ3n) is 6.76. The van der Waals surface area contributed by atoms with Gasteiger partial charge in [-0.3, -0.25) is 0 Å². The first kappa shape index (κ1) is 17.1. The first-order valence-electron chi connectivity index (χ1n) is 9.06. The Labute approximate surface area is 153 Å². The molecule has 24 heavy (non-hydrogen) atoms. The van der Waals surface area contributed by atoms with Gasteiger partial charge in [-0.15, -0.1) is 0 Å². The summed E-state index contributed by atoms with van der Waals surface area (Å²) in [6.07, 6.45) is 2.57. The van der Waals surface area contributed by atoms with Crippen molar-refractivity contribution in [1.29, 1.82) is 0 Å². The van der Waals surface area contributed by atoms with Crippen molar-refractivity contribution in [2.75, 3.05) is 6.61 Å². The molecule has 4 aliphatic rings. The van der Waals surface area contributed by atoms with Gasteiger partial charge in [0.15, 0.2) is 0 Å². The van der Waals surface area contributed by atoms with E-state index in [2.05, 4.69) is 48.8 Å². The predicted octanol–water partition coefficient (Wildman–Crippen LogP) is 4.79. The molecule has 4 fully saturated rings. The Hall–Kier alpha value is -0.355. The molecule has 5 rings (SSSR count). The van der Waals surface area contributed by atoms with E-state index in [0.29, 0.717) is 17.9 Å². The van der Waals surface area contributed by atoms with E-state index in [0.717, 1.165) is 22.4 Å². The minimum absolute atomic E-state index is 0.175. The number of hydrogen-bond donors (Lipinski definition) is 0. The van der Waals surface area contributed by atoms with E-state index in [9.17, 15) is 0 Å². The summed E-state index contributed by atoms with van der Waals surface area (Å²) in [4.78, 5) is 0. The van der Waals surface area contributed by atoms with Gasteiger partial charge in [0.2, 0.25) is 0 Å². The van der Waals surface area contributed by atoms with Crippen molar-refractivity contribution in [1.82, 2.24) is 0 Å². The zero-order chi connectivity index (χ0) is 17.1. The van der Waals surface area contributed by atoms with Gasteiger partial charge in [0.05, 0.1) is 11.7 Å². The highest BCUT2D eigenvalue weighted by atomic mass is 79.9. The largest absolute Gasteiger partial charge is 0.493 e. The Balaban J connectivity index is 1.59. The quantitative estimate of drug-likeness (QED) is 0.689. The molecule has 2 bridgehead atoms. The fraction of sp³-hybridized carbons (Fsp3) is 0.684. The van der Waals surface area contributed by atoms with Crippen molar-refractivity contribution in [3.8, 4) is 0 Å². The van der Waals surface area contributed by atoms with E-state index in [1.54, 1.807) is 0 Å². The summed E-state index contributed by atoms with van der Waals surface area (Å²) in [5.74, 6) is 1.34. The van der Waals surface area contributed by atoms with Crippen LogP contribution in [0.4, 0.5) is 0 Å². The lowest BCUT2D eigenvalue weighted by Gasteiger charge is -2.64. The number of hydrogen-bond acceptors (Lipinski definition) is 3. The summed E-state index contributed by atoms with van der Waals surface area (Å²) in [7, 11) is -0.323. The molecule has 1 aromatic rings. The number of ether oxygens (including phenoxy) is 1. The molecule has 0 amide bonds. The summed E-state index contributed by atoms with van der Waals surface area (Å²) in [6.45, 7) is 9.69. The van der Waals surface area contributed by atoms with Crippen LogP contribution >= 0.6 is 15.9 Å². The van der Waals surface area contributed by atoms with Crippen LogP contribution in [0.1, 0.15) is 52.1 Å². The van der Waals surface area contributed by atoms with Crippen LogP contribution in [0.2, 0.25) is 0 Å². The fourth-order valence-electron chi connectivity index (χ4n) is 5.19. The van der Waals surface area contributed by atoms with Gasteiger partial charge in [0.25, 0.3) is 0 Å². The van der Waals surface area contributed by atoms with Gasteiger partial charge in [0.1, 0.15) is 6.00 Å². The minimum Gasteiger partial charge on any atom is -0.403 e. The average molecular weight is 393 g/mol. The van der Waals surface area contributed by atoms with Crippen LogP contribution in [0, 0.1) is 17.3 Å². The van der Waals surface area contributed by atoms with Crippen molar-refractivity contribution in [2.24, 2.45) is 17.3 Å². The van der Waals surface area contributed by atoms with Crippen molar-refractivity contribution in [3.63, 3.8) is 0 Å². The van der Waals surface area contributed by atoms with Gasteiger partial charge in [-0.25, -0.2) is 0 Å². The maximum atomic E-state index is 6.58. The topological polar surface area (TPSA) is 27.7 Å². The Morgan fingerprint density at radius 3 is 2.58 bits per heavy atom. The molecule has 1 heterocycles. The molecule has 5 atom stereocenters. The lowest BCUT2D eigenvalue weighted by molar-refractivity contribution is -0.199. The molecular weight excluding hydrogens is 367 g/mol. The van der Waals surface area contributed by atoms with E-state index < -0.39 is 0 Å². The number of rotatable bonds is 4. The maximum Gasteiger partial charge on any atom is 0.493 e. The molecule has 3 saturated carbocycles. The summed E-state index contributed by atoms with van der Waals surface area (Å²) >= 11 is 3.50. The van der Waals surface area contributed by atoms with Crippen LogP contribution < -0.4 is 0 Å². The van der Waals surface area contributed by atoms with Crippen molar-refractivity contribution in [2.45, 2.75) is 58.2 Å². The molecule has 0 radical (unpaired) electrons. The Kier molecular flexibility index (Phi) is 4.15. The highest BCUT2D eigenvalue weighted by Crippen LogP contribution is 2.66. The van der Waals surface area contributed by atoms with Crippen molar-refractivity contribution in [3.05, 3.63) is 34.3 Å². The third kappa shape index (κ3) is 2.43. The van der Waals surface area contributed by atoms with Crippen LogP contribution in [0.5, 0.6) is 0 Å². The molecule has 0 unspecified atom stereocenters. The zero-order valence-electron chi connectivity index (χ0n) is 14.9. The zero-order valence-corrected chi connectivity index (χ0v) is 16.5. The molecule has 0 aromatic heterocycles. The molecule has 0 N–H and O–H groups in total. The molecular formula is C19H26BBrO3. The van der Waals surface area contributed by atoms with Crippen LogP contribution in [0.25, 0.3) is 0 Å². The summed E-state index contributed by atoms with van der Waals surface area (Å²) in [5.41, 5.74) is 1.29. The van der Waals surface area contributed by atoms with E-state index >= 15 is 0 Å². The first-order valence-corrected chi connectivity index (χ1v) is 9.86. The van der Waals surface area contributed by atoms with E-state index in [-0.39, 0.29) is 24.8 Å². The fourth-order valence-corrected chi connectivity index (χ4v) is 5.46. The molecule has 3 nitrogen and oxygen atoms in total. The molecule has 5 heteroatoms.